The third kappa shape index (κ3) is 30.9. The fourth-order valence-corrected chi connectivity index (χ4v) is 24.7. The molecule has 20 atom stereocenters. The standard InChI is InChI=1S/C39H46N2.3C21H27N.C3H8.15C2H6.10CH4/c1-20-17-32-34(22(20)3)28-13-9-11-15-30(28)38-36(32)24(5)26(7)40(38)19-41-27(8)25(6)37-33-18-21(2)23(4)35(33)29-14-10-12-16-31(29)39(37)41;3*1-6-22-15(5)14(4)20-18-11-12(2)13(3)19(18)16-9-7-8-10-17(16)21(20)22;1-3-2;15*1-2;;;;;;;;;;/h9-16,20-27H,17-19H2,1-8H3;3*7-10,12-15H,6,11H2,1-5H3;3H2,1-2H3;15*1-2H3;10*1H4/t20-,21-,22-,23-,24-,25-,26+,27+;3*12-,13-,14-,15+;;;;;;;;;;;;;;;;;;;;;;;;;;/m1111........................../s1. The van der Waals surface area contributed by atoms with Crippen LogP contribution in [0.1, 0.15) is 604 Å². The Balaban J connectivity index is -0.000000200. The molecule has 0 amide bonds. The molecule has 0 aromatic heterocycles. The third-order valence-corrected chi connectivity index (χ3v) is 32.2. The Morgan fingerprint density at radius 3 is 0.407 bits per heavy atom. The first-order valence-electron chi connectivity index (χ1n) is 59.5. The third-order valence-electron chi connectivity index (χ3n) is 32.2. The van der Waals surface area contributed by atoms with Gasteiger partial charge in [0.25, 0.3) is 0 Å². The van der Waals surface area contributed by atoms with Crippen LogP contribution in [0, 0.1) is 29.6 Å². The van der Waals surface area contributed by atoms with Crippen LogP contribution in [-0.2, 0) is 32.1 Å². The lowest BCUT2D eigenvalue weighted by Gasteiger charge is -2.36. The summed E-state index contributed by atoms with van der Waals surface area (Å²) in [5.41, 5.74) is 32.6. The van der Waals surface area contributed by atoms with Crippen molar-refractivity contribution in [2.45, 2.75) is 583 Å². The van der Waals surface area contributed by atoms with E-state index in [1.165, 1.54) is 121 Å². The van der Waals surface area contributed by atoms with Gasteiger partial charge >= 0.3 is 0 Å². The van der Waals surface area contributed by atoms with Crippen molar-refractivity contribution in [1.29, 1.82) is 0 Å². The van der Waals surface area contributed by atoms with Crippen molar-refractivity contribution in [2.75, 3.05) is 50.8 Å². The summed E-state index contributed by atoms with van der Waals surface area (Å²) < 4.78 is 0. The lowest BCUT2D eigenvalue weighted by atomic mass is 9.86. The highest BCUT2D eigenvalue weighted by Gasteiger charge is 2.49. The summed E-state index contributed by atoms with van der Waals surface area (Å²) in [5, 5.41) is 14.9. The van der Waals surface area contributed by atoms with E-state index in [0.29, 0.717) is 101 Å². The van der Waals surface area contributed by atoms with E-state index < -0.39 is 0 Å². The van der Waals surface area contributed by atoms with Crippen LogP contribution in [0.15, 0.2) is 121 Å². The van der Waals surface area contributed by atoms with E-state index in [4.69, 9.17) is 0 Å². The molecule has 150 heavy (non-hydrogen) atoms. The van der Waals surface area contributed by atoms with Crippen LogP contribution in [0.25, 0.3) is 53.9 Å². The Hall–Kier alpha value is -7.50. The molecule has 0 unspecified atom stereocenters. The second kappa shape index (κ2) is 79.5. The van der Waals surface area contributed by atoms with Gasteiger partial charge in [0.1, 0.15) is 0 Å². The van der Waals surface area contributed by atoms with Crippen LogP contribution < -0.4 is 24.5 Å². The summed E-state index contributed by atoms with van der Waals surface area (Å²) in [6.45, 7) is 124. The van der Waals surface area contributed by atoms with Gasteiger partial charge in [-0.1, -0.05) is 527 Å². The molecule has 10 aromatic carbocycles. The molecule has 5 heteroatoms. The highest BCUT2D eigenvalue weighted by molar-refractivity contribution is 6.07. The van der Waals surface area contributed by atoms with Gasteiger partial charge in [0.2, 0.25) is 0 Å². The van der Waals surface area contributed by atoms with Gasteiger partial charge in [-0.05, 0) is 257 Å². The predicted octanol–water partition coefficient (Wildman–Crippen LogP) is 49.4. The van der Waals surface area contributed by atoms with Gasteiger partial charge in [0, 0.05) is 123 Å². The molecule has 0 radical (unpaired) electrons. The molecule has 0 saturated heterocycles. The molecular weight excluding hydrogens is 1810 g/mol. The first-order chi connectivity index (χ1) is 67.8. The molecule has 0 N–H and O–H groups in total. The lowest BCUT2D eigenvalue weighted by molar-refractivity contribution is 0.527. The Morgan fingerprint density at radius 1 is 0.167 bits per heavy atom. The monoisotopic (exact) mass is 2080 g/mol. The highest BCUT2D eigenvalue weighted by atomic mass is 15.4. The molecule has 5 aliphatic heterocycles. The zero-order valence-electron chi connectivity index (χ0n) is 102. The van der Waals surface area contributed by atoms with Crippen LogP contribution >= 0.6 is 0 Å². The first kappa shape index (κ1) is 163. The normalized spacial score (nSPS) is 22.6. The minimum atomic E-state index is 0. The largest absolute Gasteiger partial charge is 0.368 e. The number of likely N-dealkylation sites (N-methyl/N-ethyl adjacent to an activating group) is 3. The fraction of sp³-hybridized carbons (Fsp3) is 0.655. The minimum Gasteiger partial charge on any atom is -0.368 e. The topological polar surface area (TPSA) is 16.2 Å². The summed E-state index contributed by atoms with van der Waals surface area (Å²) in [5.74, 6) is 10.0. The van der Waals surface area contributed by atoms with E-state index in [1.54, 1.807) is 83.5 Å². The van der Waals surface area contributed by atoms with Crippen molar-refractivity contribution in [2.24, 2.45) is 29.6 Å². The number of rotatable bonds is 5. The van der Waals surface area contributed by atoms with Gasteiger partial charge < -0.3 is 24.5 Å². The SMILES string of the molecule is C.C.C.C.C.C.C.C.C.C.CC.CC.CC.CC.CC.CC.CC.CC.CC.CC.CC.CC.CC.CC.CC.CCC.CCN1c2c(c3c(c4ccccc24)[C@H](C)[C@H](C)C3)[C@H](C)[C@@H]1C.CCN1c2c(c3c(c4ccccc24)[C@H](C)[C@H](C)C3)[C@H](C)[C@@H]1C.CCN1c2c(c3c(c4ccccc24)[C@H](C)[C@H](C)C3)[C@H](C)[C@@H]1C.C[C@@H]1Cc2c3c(c4ccccc4c2[C@@H]1C)N(CN1c2c(c4c(c5ccccc25)[C@H](C)[C@H](C)C4)[C@H](C)[C@@H]1C)[C@@H](C)[C@H]3C. The number of hydrogen-bond acceptors (Lipinski definition) is 5. The van der Waals surface area contributed by atoms with E-state index in [9.17, 15) is 0 Å². The van der Waals surface area contributed by atoms with Crippen LogP contribution in [0.3, 0.4) is 0 Å². The van der Waals surface area contributed by atoms with Crippen LogP contribution in [0.5, 0.6) is 0 Å². The molecule has 20 rings (SSSR count). The Morgan fingerprint density at radius 2 is 0.280 bits per heavy atom. The van der Waals surface area contributed by atoms with Crippen molar-refractivity contribution in [3.8, 4) is 0 Å². The Kier molecular flexibility index (Phi) is 86.1. The van der Waals surface area contributed by atoms with Gasteiger partial charge in [-0.3, -0.25) is 0 Å². The van der Waals surface area contributed by atoms with Gasteiger partial charge in [-0.25, -0.2) is 0 Å². The van der Waals surface area contributed by atoms with Crippen molar-refractivity contribution >= 4 is 82.3 Å². The maximum Gasteiger partial charge on any atom is 0.0909 e. The highest BCUT2D eigenvalue weighted by Crippen LogP contribution is 2.61. The van der Waals surface area contributed by atoms with E-state index >= 15 is 0 Å². The van der Waals surface area contributed by atoms with Crippen molar-refractivity contribution in [1.82, 2.24) is 0 Å². The molecule has 5 nitrogen and oxygen atoms in total. The average Bonchev–Trinajstić information content (AvgIpc) is 1.52. The van der Waals surface area contributed by atoms with Gasteiger partial charge in [0.05, 0.1) is 18.0 Å². The first-order valence-corrected chi connectivity index (χ1v) is 59.5. The smallest absolute Gasteiger partial charge is 0.0909 e. The molecule has 5 heterocycles. The van der Waals surface area contributed by atoms with E-state index in [0.717, 1.165) is 44.1 Å². The second-order valence-corrected chi connectivity index (χ2v) is 37.6. The average molecular weight is 2080 g/mol. The number of anilines is 5. The van der Waals surface area contributed by atoms with E-state index in [2.05, 4.69) is 319 Å². The van der Waals surface area contributed by atoms with E-state index in [1.807, 2.05) is 208 Å². The van der Waals surface area contributed by atoms with Crippen LogP contribution in [0.2, 0.25) is 0 Å². The van der Waals surface area contributed by atoms with Gasteiger partial charge in [-0.2, -0.15) is 0 Å². The van der Waals surface area contributed by atoms with Crippen LogP contribution in [-0.4, -0.2) is 56.5 Å². The van der Waals surface area contributed by atoms with Crippen molar-refractivity contribution in [3.63, 3.8) is 0 Å². The zero-order chi connectivity index (χ0) is 108. The molecule has 0 fully saturated rings. The Labute approximate surface area is 944 Å². The summed E-state index contributed by atoms with van der Waals surface area (Å²) in [6, 6.07) is 48.8. The number of fused-ring (bicyclic) bond motifs is 30. The minimum absolute atomic E-state index is 0. The second-order valence-electron chi connectivity index (χ2n) is 37.6. The molecule has 0 spiro atoms. The summed E-state index contributed by atoms with van der Waals surface area (Å²) >= 11 is 0. The Bertz CT molecular complexity index is 4790. The molecular formula is C145H265N5. The fourth-order valence-electron chi connectivity index (χ4n) is 24.7. The molecule has 10 aromatic rings. The summed E-state index contributed by atoms with van der Waals surface area (Å²) in [7, 11) is 0. The molecule has 5 aliphatic carbocycles. The molecule has 0 bridgehead atoms. The summed E-state index contributed by atoms with van der Waals surface area (Å²) in [6.07, 6.45) is 7.48. The predicted molar refractivity (Wildman–Crippen MR) is 718 cm³/mol. The number of hydrogen-bond donors (Lipinski definition) is 0. The zero-order valence-corrected chi connectivity index (χ0v) is 102. The maximum absolute atomic E-state index is 2.81. The van der Waals surface area contributed by atoms with Crippen LogP contribution in [0.4, 0.5) is 28.4 Å². The van der Waals surface area contributed by atoms with Crippen molar-refractivity contribution in [3.05, 3.63) is 205 Å². The van der Waals surface area contributed by atoms with Gasteiger partial charge in [-0.15, -0.1) is 0 Å². The lowest BCUT2D eigenvalue weighted by Crippen LogP contribution is -2.44. The quantitative estimate of drug-likeness (QED) is 0.170. The number of nitrogens with zero attached hydrogens (tertiary/aromatic N) is 5. The number of benzene rings is 10. The van der Waals surface area contributed by atoms with Gasteiger partial charge in [0.15, 0.2) is 0 Å². The molecule has 870 valence electrons. The van der Waals surface area contributed by atoms with Crippen molar-refractivity contribution < 1.29 is 0 Å². The summed E-state index contributed by atoms with van der Waals surface area (Å²) in [4.78, 5) is 13.5. The maximum atomic E-state index is 2.81. The molecule has 0 saturated carbocycles. The van der Waals surface area contributed by atoms with E-state index in [-0.39, 0.29) is 74.3 Å². The molecule has 10 aliphatic rings.